The van der Waals surface area contributed by atoms with Gasteiger partial charge in [-0.25, -0.2) is 4.79 Å². The summed E-state index contributed by atoms with van der Waals surface area (Å²) in [7, 11) is 0. The van der Waals surface area contributed by atoms with E-state index in [4.69, 9.17) is 15.6 Å². The van der Waals surface area contributed by atoms with Crippen molar-refractivity contribution in [3.05, 3.63) is 0 Å². The van der Waals surface area contributed by atoms with Crippen molar-refractivity contribution in [2.75, 3.05) is 26.2 Å². The van der Waals surface area contributed by atoms with E-state index in [2.05, 4.69) is 13.8 Å². The summed E-state index contributed by atoms with van der Waals surface area (Å²) in [6.45, 7) is 7.31. The number of carbonyl (C=O) groups is 2. The van der Waals surface area contributed by atoms with E-state index < -0.39 is 11.6 Å². The van der Waals surface area contributed by atoms with Gasteiger partial charge in [-0.3, -0.25) is 4.79 Å². The van der Waals surface area contributed by atoms with Crippen molar-refractivity contribution in [1.82, 2.24) is 4.90 Å². The minimum Gasteiger partial charge on any atom is -0.480 e. The Hall–Kier alpha value is -1.14. The van der Waals surface area contributed by atoms with Crippen LogP contribution in [0.15, 0.2) is 0 Å². The Balaban J connectivity index is 2.29. The van der Waals surface area contributed by atoms with Gasteiger partial charge in [0.15, 0.2) is 0 Å². The van der Waals surface area contributed by atoms with Crippen molar-refractivity contribution in [2.24, 2.45) is 11.1 Å². The Morgan fingerprint density at radius 3 is 2.45 bits per heavy atom. The number of nitrogens with zero attached hydrogens (tertiary/aromatic N) is 1. The van der Waals surface area contributed by atoms with Crippen molar-refractivity contribution >= 4 is 11.9 Å². The van der Waals surface area contributed by atoms with Crippen molar-refractivity contribution < 1.29 is 19.4 Å². The fourth-order valence-electron chi connectivity index (χ4n) is 2.38. The Kier molecular flexibility index (Phi) is 5.53. The molecule has 0 aromatic heterocycles. The van der Waals surface area contributed by atoms with Gasteiger partial charge in [0, 0.05) is 6.42 Å². The summed E-state index contributed by atoms with van der Waals surface area (Å²) in [4.78, 5) is 24.2. The van der Waals surface area contributed by atoms with E-state index in [0.717, 1.165) is 12.8 Å². The Labute approximate surface area is 120 Å². The summed E-state index contributed by atoms with van der Waals surface area (Å²) >= 11 is 0. The number of hydrogen-bond donors (Lipinski definition) is 2. The van der Waals surface area contributed by atoms with E-state index in [1.807, 2.05) is 6.92 Å². The van der Waals surface area contributed by atoms with Crippen LogP contribution in [0.25, 0.3) is 0 Å². The number of carboxylic acid groups (broad SMARTS) is 1. The number of likely N-dealkylation sites (tertiary alicyclic amines) is 1. The van der Waals surface area contributed by atoms with Gasteiger partial charge in [0.1, 0.15) is 12.2 Å². The second-order valence-corrected chi connectivity index (χ2v) is 6.59. The van der Waals surface area contributed by atoms with Crippen LogP contribution >= 0.6 is 0 Å². The molecule has 0 aromatic rings. The molecule has 0 saturated carbocycles. The first kappa shape index (κ1) is 16.9. The zero-order valence-corrected chi connectivity index (χ0v) is 12.6. The lowest BCUT2D eigenvalue weighted by Gasteiger charge is -2.47. The number of carbonyl (C=O) groups excluding carboxylic acids is 1. The van der Waals surface area contributed by atoms with Gasteiger partial charge in [-0.2, -0.15) is 0 Å². The second-order valence-electron chi connectivity index (χ2n) is 6.59. The number of aliphatic carboxylic acids is 1. The predicted molar refractivity (Wildman–Crippen MR) is 75.3 cm³/mol. The summed E-state index contributed by atoms with van der Waals surface area (Å²) in [5.41, 5.74) is 5.12. The molecular weight excluding hydrogens is 260 g/mol. The second kappa shape index (κ2) is 6.54. The summed E-state index contributed by atoms with van der Waals surface area (Å²) < 4.78 is 5.28. The maximum absolute atomic E-state index is 12.0. The van der Waals surface area contributed by atoms with Crippen LogP contribution in [-0.4, -0.2) is 53.7 Å². The van der Waals surface area contributed by atoms with E-state index in [0.29, 0.717) is 26.1 Å². The van der Waals surface area contributed by atoms with Gasteiger partial charge in [-0.1, -0.05) is 13.8 Å². The fraction of sp³-hybridized carbons (Fsp3) is 0.857. The number of ether oxygens (including phenoxy) is 1. The molecule has 1 aliphatic heterocycles. The molecule has 0 atom stereocenters. The summed E-state index contributed by atoms with van der Waals surface area (Å²) in [6.07, 6.45) is 2.22. The number of hydrogen-bond acceptors (Lipinski definition) is 4. The molecule has 0 radical (unpaired) electrons. The molecule has 0 aromatic carbocycles. The zero-order chi connectivity index (χ0) is 15.4. The highest BCUT2D eigenvalue weighted by molar-refractivity contribution is 5.77. The van der Waals surface area contributed by atoms with E-state index in [-0.39, 0.29) is 17.9 Å². The average molecular weight is 286 g/mol. The molecule has 1 amide bonds. The van der Waals surface area contributed by atoms with E-state index in [9.17, 15) is 9.59 Å². The number of rotatable bonds is 8. The first-order valence-corrected chi connectivity index (χ1v) is 7.01. The molecule has 1 aliphatic rings. The van der Waals surface area contributed by atoms with Crippen molar-refractivity contribution in [3.8, 4) is 0 Å². The third kappa shape index (κ3) is 5.09. The van der Waals surface area contributed by atoms with Crippen LogP contribution in [0.1, 0.15) is 40.0 Å². The Morgan fingerprint density at radius 2 is 1.95 bits per heavy atom. The molecule has 6 nitrogen and oxygen atoms in total. The van der Waals surface area contributed by atoms with Crippen molar-refractivity contribution in [2.45, 2.75) is 45.6 Å². The van der Waals surface area contributed by atoms with Crippen LogP contribution in [0, 0.1) is 5.41 Å². The molecule has 0 unspecified atom stereocenters. The molecule has 0 spiro atoms. The van der Waals surface area contributed by atoms with Gasteiger partial charge in [-0.05, 0) is 31.7 Å². The van der Waals surface area contributed by atoms with Crippen molar-refractivity contribution in [3.63, 3.8) is 0 Å². The maximum atomic E-state index is 12.0. The number of carboxylic acids is 1. The highest BCUT2D eigenvalue weighted by atomic mass is 16.5. The number of amides is 1. The van der Waals surface area contributed by atoms with Crippen molar-refractivity contribution in [1.29, 1.82) is 0 Å². The van der Waals surface area contributed by atoms with Crippen LogP contribution in [0.3, 0.4) is 0 Å². The SMILES string of the molecule is CC(C)(CCN)CCC(=O)N1CC(C)(OCC(=O)O)C1. The third-order valence-corrected chi connectivity index (χ3v) is 3.78. The first-order valence-electron chi connectivity index (χ1n) is 7.01. The van der Waals surface area contributed by atoms with Gasteiger partial charge >= 0.3 is 5.97 Å². The molecule has 20 heavy (non-hydrogen) atoms. The minimum atomic E-state index is -0.987. The fourth-order valence-corrected chi connectivity index (χ4v) is 2.38. The monoisotopic (exact) mass is 286 g/mol. The van der Waals surface area contributed by atoms with Gasteiger partial charge in [0.05, 0.1) is 13.1 Å². The molecular formula is C14H26N2O4. The molecule has 116 valence electrons. The predicted octanol–water partition coefficient (Wildman–Crippen LogP) is 0.844. The van der Waals surface area contributed by atoms with E-state index in [1.54, 1.807) is 4.90 Å². The van der Waals surface area contributed by atoms with Gasteiger partial charge < -0.3 is 20.5 Å². The van der Waals surface area contributed by atoms with E-state index in [1.165, 1.54) is 0 Å². The molecule has 3 N–H and O–H groups in total. The minimum absolute atomic E-state index is 0.0817. The average Bonchev–Trinajstić information content (AvgIpc) is 2.30. The van der Waals surface area contributed by atoms with Gasteiger partial charge in [0.25, 0.3) is 0 Å². The first-order chi connectivity index (χ1) is 9.17. The quantitative estimate of drug-likeness (QED) is 0.690. The van der Waals surface area contributed by atoms with Crippen LogP contribution in [0.2, 0.25) is 0 Å². The topological polar surface area (TPSA) is 92.9 Å². The maximum Gasteiger partial charge on any atom is 0.329 e. The van der Waals surface area contributed by atoms with Crippen LogP contribution in [-0.2, 0) is 14.3 Å². The van der Waals surface area contributed by atoms with Crippen LogP contribution in [0.4, 0.5) is 0 Å². The lowest BCUT2D eigenvalue weighted by molar-refractivity contribution is -0.173. The largest absolute Gasteiger partial charge is 0.480 e. The molecule has 0 bridgehead atoms. The lowest BCUT2D eigenvalue weighted by atomic mass is 9.84. The molecule has 6 heteroatoms. The van der Waals surface area contributed by atoms with E-state index >= 15 is 0 Å². The summed E-state index contributed by atoms with van der Waals surface area (Å²) in [5, 5.41) is 8.58. The third-order valence-electron chi connectivity index (χ3n) is 3.78. The number of nitrogens with two attached hydrogens (primary N) is 1. The smallest absolute Gasteiger partial charge is 0.329 e. The molecule has 1 heterocycles. The molecule has 1 fully saturated rings. The summed E-state index contributed by atoms with van der Waals surface area (Å²) in [5.74, 6) is -0.883. The Morgan fingerprint density at radius 1 is 1.35 bits per heavy atom. The zero-order valence-electron chi connectivity index (χ0n) is 12.6. The molecule has 0 aliphatic carbocycles. The van der Waals surface area contributed by atoms with Crippen LogP contribution in [0.5, 0.6) is 0 Å². The van der Waals surface area contributed by atoms with Gasteiger partial charge in [0.2, 0.25) is 5.91 Å². The standard InChI is InChI=1S/C14H26N2O4/c1-13(2,6-7-15)5-4-11(17)16-9-14(3,10-16)20-8-12(18)19/h4-10,15H2,1-3H3,(H,18,19). The normalized spacial score (nSPS) is 17.7. The molecule has 1 rings (SSSR count). The summed E-state index contributed by atoms with van der Waals surface area (Å²) in [6, 6.07) is 0. The van der Waals surface area contributed by atoms with Gasteiger partial charge in [-0.15, -0.1) is 0 Å². The Bertz CT molecular complexity index is 362. The highest BCUT2D eigenvalue weighted by Crippen LogP contribution is 2.29. The lowest BCUT2D eigenvalue weighted by Crippen LogP contribution is -2.63. The highest BCUT2D eigenvalue weighted by Gasteiger charge is 2.42. The molecule has 1 saturated heterocycles. The van der Waals surface area contributed by atoms with Crippen LogP contribution < -0.4 is 5.73 Å².